The van der Waals surface area contributed by atoms with E-state index in [9.17, 15) is 0 Å². The summed E-state index contributed by atoms with van der Waals surface area (Å²) in [6.07, 6.45) is 0. The number of hydrogen-bond acceptors (Lipinski definition) is 2. The van der Waals surface area contributed by atoms with Gasteiger partial charge in [0.05, 0.1) is 6.04 Å². The summed E-state index contributed by atoms with van der Waals surface area (Å²) in [6.45, 7) is 0. The minimum Gasteiger partial charge on any atom is -0.320 e. The molecule has 0 saturated heterocycles. The zero-order valence-corrected chi connectivity index (χ0v) is 9.05. The van der Waals surface area contributed by atoms with Gasteiger partial charge >= 0.3 is 0 Å². The van der Waals surface area contributed by atoms with E-state index in [-0.39, 0.29) is 6.04 Å². The number of halogens is 1. The standard InChI is InChI=1S/C11H10ClNS/c12-10-3-1-2-8(6-10)11(13)9-4-5-14-7-9/h1-7,11H,13H2. The quantitative estimate of drug-likeness (QED) is 0.829. The Balaban J connectivity index is 2.32. The number of nitrogens with two attached hydrogens (primary N) is 1. The van der Waals surface area contributed by atoms with Gasteiger partial charge in [0.15, 0.2) is 0 Å². The van der Waals surface area contributed by atoms with Crippen molar-refractivity contribution in [2.45, 2.75) is 6.04 Å². The van der Waals surface area contributed by atoms with E-state index < -0.39 is 0 Å². The SMILES string of the molecule is NC(c1ccsc1)c1cccc(Cl)c1. The van der Waals surface area contributed by atoms with Crippen LogP contribution in [0.15, 0.2) is 41.1 Å². The van der Waals surface area contributed by atoms with Crippen molar-refractivity contribution in [2.24, 2.45) is 5.73 Å². The fourth-order valence-electron chi connectivity index (χ4n) is 1.34. The van der Waals surface area contributed by atoms with Crippen molar-refractivity contribution in [3.8, 4) is 0 Å². The molecule has 2 rings (SSSR count). The first-order chi connectivity index (χ1) is 6.77. The van der Waals surface area contributed by atoms with E-state index in [4.69, 9.17) is 17.3 Å². The molecule has 2 N–H and O–H groups in total. The smallest absolute Gasteiger partial charge is 0.0560 e. The maximum Gasteiger partial charge on any atom is 0.0560 e. The largest absolute Gasteiger partial charge is 0.320 e. The van der Waals surface area contributed by atoms with Gasteiger partial charge in [-0.1, -0.05) is 23.7 Å². The van der Waals surface area contributed by atoms with Gasteiger partial charge in [0, 0.05) is 5.02 Å². The van der Waals surface area contributed by atoms with Crippen molar-refractivity contribution >= 4 is 22.9 Å². The van der Waals surface area contributed by atoms with Crippen molar-refractivity contribution < 1.29 is 0 Å². The lowest BCUT2D eigenvalue weighted by atomic mass is 10.0. The van der Waals surface area contributed by atoms with Gasteiger partial charge in [-0.05, 0) is 40.1 Å². The summed E-state index contributed by atoms with van der Waals surface area (Å²) in [6, 6.07) is 9.64. The average molecular weight is 224 g/mol. The third-order valence-corrected chi connectivity index (χ3v) is 3.05. The summed E-state index contributed by atoms with van der Waals surface area (Å²) >= 11 is 7.55. The van der Waals surface area contributed by atoms with E-state index in [1.165, 1.54) is 0 Å². The lowest BCUT2D eigenvalue weighted by Crippen LogP contribution is -2.10. The topological polar surface area (TPSA) is 26.0 Å². The summed E-state index contributed by atoms with van der Waals surface area (Å²) in [7, 11) is 0. The van der Waals surface area contributed by atoms with Crippen LogP contribution < -0.4 is 5.73 Å². The van der Waals surface area contributed by atoms with E-state index in [2.05, 4.69) is 5.38 Å². The van der Waals surface area contributed by atoms with Crippen LogP contribution in [0.5, 0.6) is 0 Å². The van der Waals surface area contributed by atoms with Gasteiger partial charge in [-0.2, -0.15) is 11.3 Å². The van der Waals surface area contributed by atoms with Crippen LogP contribution in [0.1, 0.15) is 17.2 Å². The van der Waals surface area contributed by atoms with Gasteiger partial charge in [0.2, 0.25) is 0 Å². The molecule has 0 saturated carbocycles. The Kier molecular flexibility index (Phi) is 2.87. The van der Waals surface area contributed by atoms with Crippen molar-refractivity contribution in [1.29, 1.82) is 0 Å². The normalized spacial score (nSPS) is 12.7. The van der Waals surface area contributed by atoms with Gasteiger partial charge in [-0.3, -0.25) is 0 Å². The summed E-state index contributed by atoms with van der Waals surface area (Å²) in [5, 5.41) is 4.82. The number of benzene rings is 1. The predicted octanol–water partition coefficient (Wildman–Crippen LogP) is 3.45. The monoisotopic (exact) mass is 223 g/mol. The lowest BCUT2D eigenvalue weighted by molar-refractivity contribution is 0.877. The molecule has 1 nitrogen and oxygen atoms in total. The maximum absolute atomic E-state index is 6.08. The molecule has 1 aromatic carbocycles. The van der Waals surface area contributed by atoms with Crippen LogP contribution in [0.3, 0.4) is 0 Å². The Morgan fingerprint density at radius 2 is 2.07 bits per heavy atom. The number of thiophene rings is 1. The van der Waals surface area contributed by atoms with Crippen LogP contribution in [0.4, 0.5) is 0 Å². The van der Waals surface area contributed by atoms with E-state index in [0.29, 0.717) is 0 Å². The van der Waals surface area contributed by atoms with E-state index in [0.717, 1.165) is 16.1 Å². The van der Waals surface area contributed by atoms with E-state index in [1.807, 2.05) is 35.7 Å². The fourth-order valence-corrected chi connectivity index (χ4v) is 2.24. The van der Waals surface area contributed by atoms with E-state index >= 15 is 0 Å². The van der Waals surface area contributed by atoms with Crippen LogP contribution in [0.25, 0.3) is 0 Å². The fraction of sp³-hybridized carbons (Fsp3) is 0.0909. The highest BCUT2D eigenvalue weighted by atomic mass is 35.5. The molecule has 14 heavy (non-hydrogen) atoms. The Hall–Kier alpha value is -0.830. The molecule has 0 aliphatic rings. The molecule has 0 bridgehead atoms. The first-order valence-corrected chi connectivity index (χ1v) is 5.62. The number of hydrogen-bond donors (Lipinski definition) is 1. The highest BCUT2D eigenvalue weighted by Crippen LogP contribution is 2.23. The minimum atomic E-state index is -0.0695. The molecule has 0 spiro atoms. The second kappa shape index (κ2) is 4.13. The molecule has 2 aromatic rings. The van der Waals surface area contributed by atoms with Crippen LogP contribution in [-0.2, 0) is 0 Å². The van der Waals surface area contributed by atoms with Crippen molar-refractivity contribution in [3.05, 3.63) is 57.2 Å². The highest BCUT2D eigenvalue weighted by Gasteiger charge is 2.08. The molecule has 0 aliphatic heterocycles. The van der Waals surface area contributed by atoms with Crippen LogP contribution >= 0.6 is 22.9 Å². The molecule has 1 unspecified atom stereocenters. The Labute approximate surface area is 92.1 Å². The second-order valence-electron chi connectivity index (χ2n) is 3.09. The van der Waals surface area contributed by atoms with E-state index in [1.54, 1.807) is 11.3 Å². The molecule has 1 atom stereocenters. The Morgan fingerprint density at radius 1 is 1.21 bits per heavy atom. The maximum atomic E-state index is 6.08. The highest BCUT2D eigenvalue weighted by molar-refractivity contribution is 7.08. The summed E-state index contributed by atoms with van der Waals surface area (Å²) in [5.41, 5.74) is 8.27. The summed E-state index contributed by atoms with van der Waals surface area (Å²) in [4.78, 5) is 0. The van der Waals surface area contributed by atoms with Crippen molar-refractivity contribution in [3.63, 3.8) is 0 Å². The number of rotatable bonds is 2. The Morgan fingerprint density at radius 3 is 2.71 bits per heavy atom. The van der Waals surface area contributed by atoms with Crippen LogP contribution in [0, 0.1) is 0 Å². The Bertz CT molecular complexity index is 411. The molecular weight excluding hydrogens is 214 g/mol. The third kappa shape index (κ3) is 1.98. The average Bonchev–Trinajstić information content (AvgIpc) is 2.69. The van der Waals surface area contributed by atoms with Crippen LogP contribution in [-0.4, -0.2) is 0 Å². The molecule has 0 amide bonds. The predicted molar refractivity (Wildman–Crippen MR) is 61.8 cm³/mol. The summed E-state index contributed by atoms with van der Waals surface area (Å²) < 4.78 is 0. The zero-order chi connectivity index (χ0) is 9.97. The molecule has 3 heteroatoms. The van der Waals surface area contributed by atoms with Gasteiger partial charge in [0.25, 0.3) is 0 Å². The molecule has 0 radical (unpaired) electrons. The second-order valence-corrected chi connectivity index (χ2v) is 4.31. The van der Waals surface area contributed by atoms with Gasteiger partial charge in [0.1, 0.15) is 0 Å². The van der Waals surface area contributed by atoms with Crippen molar-refractivity contribution in [1.82, 2.24) is 0 Å². The van der Waals surface area contributed by atoms with Crippen LogP contribution in [0.2, 0.25) is 5.02 Å². The zero-order valence-electron chi connectivity index (χ0n) is 7.48. The molecular formula is C11H10ClNS. The molecule has 72 valence electrons. The van der Waals surface area contributed by atoms with Gasteiger partial charge < -0.3 is 5.73 Å². The molecule has 0 aliphatic carbocycles. The first kappa shape index (κ1) is 9.71. The minimum absolute atomic E-state index is 0.0695. The third-order valence-electron chi connectivity index (χ3n) is 2.11. The molecule has 0 fully saturated rings. The molecule has 1 heterocycles. The van der Waals surface area contributed by atoms with Gasteiger partial charge in [-0.15, -0.1) is 0 Å². The van der Waals surface area contributed by atoms with Gasteiger partial charge in [-0.25, -0.2) is 0 Å². The first-order valence-electron chi connectivity index (χ1n) is 4.30. The summed E-state index contributed by atoms with van der Waals surface area (Å²) in [5.74, 6) is 0. The molecule has 1 aromatic heterocycles. The van der Waals surface area contributed by atoms with Crippen molar-refractivity contribution in [2.75, 3.05) is 0 Å². The lowest BCUT2D eigenvalue weighted by Gasteiger charge is -2.10.